The number of hydrogen-bond acceptors (Lipinski definition) is 4. The highest BCUT2D eigenvalue weighted by Crippen LogP contribution is 2.41. The van der Waals surface area contributed by atoms with E-state index < -0.39 is 0 Å². The molecule has 0 saturated heterocycles. The zero-order valence-corrected chi connectivity index (χ0v) is 24.6. The molecule has 46 heavy (non-hydrogen) atoms. The van der Waals surface area contributed by atoms with Crippen molar-refractivity contribution in [2.45, 2.75) is 0 Å². The molecule has 0 radical (unpaired) electrons. The Morgan fingerprint density at radius 2 is 1.00 bits per heavy atom. The van der Waals surface area contributed by atoms with E-state index in [0.717, 1.165) is 93.5 Å². The molecule has 4 nitrogen and oxygen atoms in total. The van der Waals surface area contributed by atoms with Crippen LogP contribution < -0.4 is 0 Å². The molecule has 0 N–H and O–H groups in total. The Balaban J connectivity index is 1.21. The number of nitrogens with zero attached hydrogens (tertiary/aromatic N) is 2. The van der Waals surface area contributed by atoms with Gasteiger partial charge >= 0.3 is 0 Å². The van der Waals surface area contributed by atoms with E-state index in [0.29, 0.717) is 5.82 Å². The van der Waals surface area contributed by atoms with Crippen LogP contribution in [0.15, 0.2) is 154 Å². The lowest BCUT2D eigenvalue weighted by Gasteiger charge is -2.12. The molecule has 10 aromatic rings. The van der Waals surface area contributed by atoms with Crippen molar-refractivity contribution in [2.24, 2.45) is 0 Å². The zero-order chi connectivity index (χ0) is 30.2. The molecule has 0 aliphatic heterocycles. The maximum absolute atomic E-state index is 6.60. The number of benzene rings is 7. The molecule has 0 unspecified atom stereocenters. The minimum Gasteiger partial charge on any atom is -0.456 e. The highest BCUT2D eigenvalue weighted by atomic mass is 16.3. The number of aromatic nitrogens is 2. The summed E-state index contributed by atoms with van der Waals surface area (Å²) in [5.74, 6) is 0.655. The van der Waals surface area contributed by atoms with Gasteiger partial charge in [-0.1, -0.05) is 103 Å². The van der Waals surface area contributed by atoms with E-state index in [2.05, 4.69) is 109 Å². The molecule has 0 aliphatic rings. The van der Waals surface area contributed by atoms with Crippen LogP contribution in [0.5, 0.6) is 0 Å². The third kappa shape index (κ3) is 3.74. The van der Waals surface area contributed by atoms with Crippen molar-refractivity contribution in [2.75, 3.05) is 0 Å². The van der Waals surface area contributed by atoms with Gasteiger partial charge in [0.2, 0.25) is 0 Å². The van der Waals surface area contributed by atoms with Crippen LogP contribution in [0, 0.1) is 0 Å². The first kappa shape index (κ1) is 25.1. The topological polar surface area (TPSA) is 52.1 Å². The first-order valence-electron chi connectivity index (χ1n) is 15.4. The fourth-order valence-corrected chi connectivity index (χ4v) is 6.93. The summed E-state index contributed by atoms with van der Waals surface area (Å²) in [6, 6.07) is 50.2. The molecule has 3 aromatic heterocycles. The first-order chi connectivity index (χ1) is 22.8. The fraction of sp³-hybridized carbons (Fsp3) is 0. The summed E-state index contributed by atoms with van der Waals surface area (Å²) in [6.07, 6.45) is 0. The van der Waals surface area contributed by atoms with Crippen molar-refractivity contribution in [1.82, 2.24) is 9.97 Å². The number of hydrogen-bond donors (Lipinski definition) is 0. The van der Waals surface area contributed by atoms with Gasteiger partial charge in [-0.25, -0.2) is 9.97 Å². The van der Waals surface area contributed by atoms with Crippen LogP contribution in [0.25, 0.3) is 99.3 Å². The summed E-state index contributed by atoms with van der Waals surface area (Å²) in [5.41, 5.74) is 9.34. The molecule has 214 valence electrons. The van der Waals surface area contributed by atoms with Crippen LogP contribution in [0.3, 0.4) is 0 Å². The minimum absolute atomic E-state index is 0.655. The second kappa shape index (κ2) is 9.62. The third-order valence-electron chi connectivity index (χ3n) is 9.08. The Bertz CT molecular complexity index is 2810. The maximum Gasteiger partial charge on any atom is 0.161 e. The predicted octanol–water partition coefficient (Wildman–Crippen LogP) is 11.6. The number of fused-ring (bicyclic) bond motifs is 9. The zero-order valence-electron chi connectivity index (χ0n) is 24.6. The van der Waals surface area contributed by atoms with Crippen molar-refractivity contribution >= 4 is 65.6 Å². The van der Waals surface area contributed by atoms with E-state index in [9.17, 15) is 0 Å². The quantitative estimate of drug-likeness (QED) is 0.206. The molecule has 10 rings (SSSR count). The SMILES string of the molecule is c1ccc(-c2ccc3c(c2)oc2cc(-c4nc(-c5ccc6c(c5)oc5ccccc56)c5ccccc5n4)c4ccccc4c23)cc1. The van der Waals surface area contributed by atoms with E-state index in [-0.39, 0.29) is 0 Å². The van der Waals surface area contributed by atoms with Gasteiger partial charge in [-0.05, 0) is 64.4 Å². The molecular weight excluding hydrogens is 564 g/mol. The fourth-order valence-electron chi connectivity index (χ4n) is 6.93. The number of furan rings is 2. The van der Waals surface area contributed by atoms with E-state index in [1.165, 1.54) is 0 Å². The Labute approximate surface area is 263 Å². The van der Waals surface area contributed by atoms with Gasteiger partial charge in [0, 0.05) is 38.1 Å². The maximum atomic E-state index is 6.60. The Kier molecular flexibility index (Phi) is 5.25. The van der Waals surface area contributed by atoms with Gasteiger partial charge in [-0.15, -0.1) is 0 Å². The van der Waals surface area contributed by atoms with Crippen LogP contribution in [0.1, 0.15) is 0 Å². The van der Waals surface area contributed by atoms with Crippen molar-refractivity contribution in [3.63, 3.8) is 0 Å². The molecule has 0 atom stereocenters. The molecule has 0 amide bonds. The van der Waals surface area contributed by atoms with Gasteiger partial charge in [0.15, 0.2) is 5.82 Å². The molecule has 0 aliphatic carbocycles. The molecule has 0 fully saturated rings. The normalized spacial score (nSPS) is 11.9. The Morgan fingerprint density at radius 1 is 0.370 bits per heavy atom. The molecule has 0 spiro atoms. The smallest absolute Gasteiger partial charge is 0.161 e. The molecule has 7 aromatic carbocycles. The lowest BCUT2D eigenvalue weighted by atomic mass is 9.97. The second-order valence-corrected chi connectivity index (χ2v) is 11.7. The van der Waals surface area contributed by atoms with E-state index >= 15 is 0 Å². The van der Waals surface area contributed by atoms with Crippen molar-refractivity contribution in [3.05, 3.63) is 146 Å². The lowest BCUT2D eigenvalue weighted by Crippen LogP contribution is -1.96. The molecule has 0 bridgehead atoms. The minimum atomic E-state index is 0.655. The summed E-state index contributed by atoms with van der Waals surface area (Å²) >= 11 is 0. The first-order valence-corrected chi connectivity index (χ1v) is 15.4. The summed E-state index contributed by atoms with van der Waals surface area (Å²) in [5, 5.41) is 7.58. The summed E-state index contributed by atoms with van der Waals surface area (Å²) in [7, 11) is 0. The van der Waals surface area contributed by atoms with Crippen molar-refractivity contribution in [3.8, 4) is 33.8 Å². The van der Waals surface area contributed by atoms with Crippen LogP contribution in [0.4, 0.5) is 0 Å². The molecule has 0 saturated carbocycles. The highest BCUT2D eigenvalue weighted by Gasteiger charge is 2.19. The summed E-state index contributed by atoms with van der Waals surface area (Å²) < 4.78 is 12.9. The van der Waals surface area contributed by atoms with E-state index in [4.69, 9.17) is 18.8 Å². The van der Waals surface area contributed by atoms with Gasteiger partial charge in [-0.3, -0.25) is 0 Å². The summed E-state index contributed by atoms with van der Waals surface area (Å²) in [6.45, 7) is 0. The standard InChI is InChI=1S/C42H24N2O2/c1-2-10-25(11-3-1)26-18-21-33-38(22-26)46-39-24-34(28-12-4-5-14-31(28)40(33)39)42-43-35-16-8-6-15-32(35)41(44-42)27-19-20-30-29-13-7-9-17-36(29)45-37(30)23-27/h1-24H. The van der Waals surface area contributed by atoms with Crippen molar-refractivity contribution < 1.29 is 8.83 Å². The van der Waals surface area contributed by atoms with Gasteiger partial charge in [0.05, 0.1) is 11.2 Å². The predicted molar refractivity (Wildman–Crippen MR) is 188 cm³/mol. The van der Waals surface area contributed by atoms with E-state index in [1.807, 2.05) is 36.4 Å². The van der Waals surface area contributed by atoms with Crippen LogP contribution >= 0.6 is 0 Å². The number of para-hydroxylation sites is 2. The molecule has 4 heteroatoms. The molecular formula is C42H24N2O2. The van der Waals surface area contributed by atoms with Gasteiger partial charge in [0.1, 0.15) is 22.3 Å². The summed E-state index contributed by atoms with van der Waals surface area (Å²) in [4.78, 5) is 10.4. The average Bonchev–Trinajstić information content (AvgIpc) is 3.68. The average molecular weight is 589 g/mol. The van der Waals surface area contributed by atoms with Gasteiger partial charge in [0.25, 0.3) is 0 Å². The van der Waals surface area contributed by atoms with Crippen molar-refractivity contribution in [1.29, 1.82) is 0 Å². The van der Waals surface area contributed by atoms with Crippen LogP contribution in [-0.4, -0.2) is 9.97 Å². The van der Waals surface area contributed by atoms with Crippen LogP contribution in [0.2, 0.25) is 0 Å². The third-order valence-corrected chi connectivity index (χ3v) is 9.08. The van der Waals surface area contributed by atoms with Crippen LogP contribution in [-0.2, 0) is 0 Å². The number of rotatable bonds is 3. The van der Waals surface area contributed by atoms with E-state index in [1.54, 1.807) is 0 Å². The Morgan fingerprint density at radius 3 is 1.89 bits per heavy atom. The van der Waals surface area contributed by atoms with Gasteiger partial charge < -0.3 is 8.83 Å². The lowest BCUT2D eigenvalue weighted by molar-refractivity contribution is 0.669. The monoisotopic (exact) mass is 588 g/mol. The van der Waals surface area contributed by atoms with Gasteiger partial charge in [-0.2, -0.15) is 0 Å². The Hall–Kier alpha value is -6.26. The molecule has 3 heterocycles. The largest absolute Gasteiger partial charge is 0.456 e. The second-order valence-electron chi connectivity index (χ2n) is 11.7. The highest BCUT2D eigenvalue weighted by molar-refractivity contribution is 6.22.